The van der Waals surface area contributed by atoms with Crippen LogP contribution in [0.5, 0.6) is 11.5 Å². The SMILES string of the molecule is CCCCCCCCOc1c(OCCCCCCCC)c(-c2ccc(C(C)(C)C)s2)c2nsnc2c1C1=CCC(c2cc3c(s2)-c2sc(C(C)(C)C)cc2C(CCC(C)CCCC(C)C)(CCC(C)CCCC(C)C)C3=O)S1. The third-order valence-corrected chi connectivity index (χ3v) is 23.3. The lowest BCUT2D eigenvalue weighted by Gasteiger charge is -2.38. The number of hydrogen-bond acceptors (Lipinski definition) is 10. The zero-order valence-electron chi connectivity index (χ0n) is 51.1. The number of aromatic nitrogens is 2. The van der Waals surface area contributed by atoms with Gasteiger partial charge in [0.15, 0.2) is 17.3 Å². The van der Waals surface area contributed by atoms with E-state index in [0.29, 0.717) is 30.8 Å². The summed E-state index contributed by atoms with van der Waals surface area (Å²) in [5.74, 6) is 4.66. The summed E-state index contributed by atoms with van der Waals surface area (Å²) in [6.45, 7) is 34.0. The van der Waals surface area contributed by atoms with Crippen molar-refractivity contribution in [3.05, 3.63) is 61.7 Å². The summed E-state index contributed by atoms with van der Waals surface area (Å²) in [5.41, 5.74) is 5.68. The highest BCUT2D eigenvalue weighted by molar-refractivity contribution is 8.08. The standard InChI is InChI=1S/C68H102N2O3S5/c1-15-17-19-21-23-25-41-72-61-57(59-60(70-78-69-59)58(53-35-36-55(75-53)66(9,10)11)62(61)73-42-26-24-22-20-18-16-2)52-34-33-51(74-52)54-43-49-63(76-54)64-50(44-56(77-64)67(12,13)14)68(65(49)71,39-37-47(7)31-27-29-45(3)4)40-38-48(8)32-28-30-46(5)6/h34-36,43-48,51H,15-33,37-42H2,1-14H3. The highest BCUT2D eigenvalue weighted by Crippen LogP contribution is 2.61. The van der Waals surface area contributed by atoms with Gasteiger partial charge in [0.1, 0.15) is 11.0 Å². The minimum absolute atomic E-state index is 0.0126. The van der Waals surface area contributed by atoms with Gasteiger partial charge in [-0.05, 0) is 109 Å². The largest absolute Gasteiger partial charge is 0.489 e. The monoisotopic (exact) mass is 1150 g/mol. The molecule has 0 fully saturated rings. The van der Waals surface area contributed by atoms with Crippen LogP contribution in [0.1, 0.15) is 286 Å². The predicted molar refractivity (Wildman–Crippen MR) is 347 cm³/mol. The van der Waals surface area contributed by atoms with Crippen molar-refractivity contribution in [2.24, 2.45) is 23.7 Å². The van der Waals surface area contributed by atoms with Crippen molar-refractivity contribution in [1.82, 2.24) is 8.75 Å². The van der Waals surface area contributed by atoms with E-state index in [9.17, 15) is 0 Å². The maximum atomic E-state index is 16.0. The number of fused-ring (bicyclic) bond motifs is 4. The van der Waals surface area contributed by atoms with Gasteiger partial charge in [0, 0.05) is 40.1 Å². The Morgan fingerprint density at radius 2 is 1.14 bits per heavy atom. The predicted octanol–water partition coefficient (Wildman–Crippen LogP) is 23.4. The highest BCUT2D eigenvalue weighted by Gasteiger charge is 2.49. The maximum Gasteiger partial charge on any atom is 0.174 e. The van der Waals surface area contributed by atoms with E-state index in [0.717, 1.165) is 114 Å². The van der Waals surface area contributed by atoms with Gasteiger partial charge in [-0.2, -0.15) is 8.75 Å². The van der Waals surface area contributed by atoms with Crippen molar-refractivity contribution in [2.45, 2.75) is 266 Å². The summed E-state index contributed by atoms with van der Waals surface area (Å²) in [7, 11) is 0. The van der Waals surface area contributed by atoms with Crippen LogP contribution in [0.4, 0.5) is 0 Å². The summed E-state index contributed by atoms with van der Waals surface area (Å²) in [6.07, 6.45) is 29.2. The van der Waals surface area contributed by atoms with E-state index in [-0.39, 0.29) is 16.1 Å². The Kier molecular flexibility index (Phi) is 23.6. The molecule has 0 saturated carbocycles. The molecule has 0 bridgehead atoms. The van der Waals surface area contributed by atoms with E-state index in [2.05, 4.69) is 127 Å². The number of thiophene rings is 3. The molecule has 78 heavy (non-hydrogen) atoms. The van der Waals surface area contributed by atoms with E-state index < -0.39 is 5.41 Å². The molecule has 1 aliphatic carbocycles. The first-order chi connectivity index (χ1) is 37.3. The first kappa shape index (κ1) is 63.1. The lowest BCUT2D eigenvalue weighted by atomic mass is 9.64. The number of unbranched alkanes of at least 4 members (excludes halogenated alkanes) is 10. The number of hydrogen-bond donors (Lipinski definition) is 0. The zero-order valence-corrected chi connectivity index (χ0v) is 55.2. The van der Waals surface area contributed by atoms with E-state index >= 15 is 4.79 Å². The van der Waals surface area contributed by atoms with Crippen molar-refractivity contribution in [2.75, 3.05) is 13.2 Å². The maximum absolute atomic E-state index is 16.0. The van der Waals surface area contributed by atoms with Crippen molar-refractivity contribution in [3.8, 4) is 31.7 Å². The number of carbonyl (C=O) groups is 1. The molecule has 4 aromatic heterocycles. The number of ether oxygens (including phenoxy) is 2. The molecule has 3 atom stereocenters. The zero-order chi connectivity index (χ0) is 56.2. The van der Waals surface area contributed by atoms with Crippen LogP contribution in [0, 0.1) is 23.7 Å². The molecule has 5 nitrogen and oxygen atoms in total. The van der Waals surface area contributed by atoms with Crippen LogP contribution >= 0.6 is 57.5 Å². The highest BCUT2D eigenvalue weighted by atomic mass is 32.2. The van der Waals surface area contributed by atoms with Gasteiger partial charge >= 0.3 is 0 Å². The van der Waals surface area contributed by atoms with Crippen LogP contribution in [-0.4, -0.2) is 27.7 Å². The van der Waals surface area contributed by atoms with Crippen molar-refractivity contribution in [1.29, 1.82) is 0 Å². The number of carbonyl (C=O) groups excluding carboxylic acids is 1. The van der Waals surface area contributed by atoms with Crippen LogP contribution in [0.2, 0.25) is 0 Å². The smallest absolute Gasteiger partial charge is 0.174 e. The molecule has 432 valence electrons. The fourth-order valence-electron chi connectivity index (χ4n) is 11.7. The van der Waals surface area contributed by atoms with Crippen molar-refractivity contribution in [3.63, 3.8) is 0 Å². The van der Waals surface area contributed by atoms with Gasteiger partial charge in [0.05, 0.1) is 46.4 Å². The van der Waals surface area contributed by atoms with Crippen molar-refractivity contribution < 1.29 is 14.3 Å². The van der Waals surface area contributed by atoms with E-state index in [1.54, 1.807) is 0 Å². The molecule has 3 unspecified atom stereocenters. The minimum atomic E-state index is -0.513. The Morgan fingerprint density at radius 3 is 1.68 bits per heavy atom. The van der Waals surface area contributed by atoms with Gasteiger partial charge in [0.2, 0.25) is 0 Å². The molecule has 5 heterocycles. The number of ketones is 1. The van der Waals surface area contributed by atoms with Gasteiger partial charge in [-0.15, -0.1) is 45.8 Å². The minimum Gasteiger partial charge on any atom is -0.489 e. The van der Waals surface area contributed by atoms with Gasteiger partial charge in [0.25, 0.3) is 0 Å². The van der Waals surface area contributed by atoms with Crippen LogP contribution in [0.15, 0.2) is 30.3 Å². The molecule has 0 amide bonds. The molecule has 10 heteroatoms. The van der Waals surface area contributed by atoms with E-state index in [4.69, 9.17) is 18.2 Å². The molecule has 2 aliphatic rings. The molecule has 1 aromatic carbocycles. The van der Waals surface area contributed by atoms with E-state index in [1.165, 1.54) is 136 Å². The molecular formula is C68H102N2O3S5. The Morgan fingerprint density at radius 1 is 0.603 bits per heavy atom. The van der Waals surface area contributed by atoms with Gasteiger partial charge in [-0.25, -0.2) is 0 Å². The van der Waals surface area contributed by atoms with Crippen LogP contribution in [-0.2, 0) is 16.2 Å². The van der Waals surface area contributed by atoms with Crippen LogP contribution in [0.25, 0.3) is 36.1 Å². The first-order valence-corrected chi connectivity index (χ1v) is 35.2. The van der Waals surface area contributed by atoms with Crippen molar-refractivity contribution >= 4 is 79.2 Å². The fraction of sp³-hybridized carbons (Fsp3) is 0.691. The van der Waals surface area contributed by atoms with Gasteiger partial charge in [-0.3, -0.25) is 4.79 Å². The summed E-state index contributed by atoms with van der Waals surface area (Å²) >= 11 is 8.94. The Labute approximate surface area is 495 Å². The molecule has 1 aliphatic heterocycles. The number of thioether (sulfide) groups is 1. The molecule has 0 N–H and O–H groups in total. The van der Waals surface area contributed by atoms with Gasteiger partial charge in [-0.1, -0.05) is 206 Å². The number of allylic oxidation sites excluding steroid dienone is 1. The summed E-state index contributed by atoms with van der Waals surface area (Å²) in [4.78, 5) is 25.0. The van der Waals surface area contributed by atoms with Gasteiger partial charge < -0.3 is 9.47 Å². The third-order valence-electron chi connectivity index (χ3n) is 16.8. The first-order valence-electron chi connectivity index (χ1n) is 31.2. The number of Topliss-reactive ketones (excluding diaryl/α,β-unsaturated/α-hetero) is 1. The molecule has 5 aromatic rings. The topological polar surface area (TPSA) is 61.3 Å². The Hall–Kier alpha value is -2.50. The molecular weight excluding hydrogens is 1050 g/mol. The fourth-order valence-corrected chi connectivity index (χ4v) is 17.5. The average Bonchev–Trinajstić information content (AvgIpc) is 4.44. The number of benzene rings is 1. The normalized spacial score (nSPS) is 17.6. The number of rotatable bonds is 33. The second-order valence-corrected chi connectivity index (χ2v) is 31.8. The summed E-state index contributed by atoms with van der Waals surface area (Å²) in [5, 5.41) is 0.164. The molecule has 0 spiro atoms. The average molecular weight is 1160 g/mol. The summed E-state index contributed by atoms with van der Waals surface area (Å²) in [6, 6.07) is 9.43. The second-order valence-electron chi connectivity index (χ2n) is 26.8. The Balaban J connectivity index is 1.27. The summed E-state index contributed by atoms with van der Waals surface area (Å²) < 4.78 is 24.6. The Bertz CT molecular complexity index is 2670. The third kappa shape index (κ3) is 16.0. The number of nitrogens with zero attached hydrogens (tertiary/aromatic N) is 2. The second kappa shape index (κ2) is 29.2. The van der Waals surface area contributed by atoms with Crippen LogP contribution < -0.4 is 9.47 Å². The lowest BCUT2D eigenvalue weighted by Crippen LogP contribution is -2.39. The lowest BCUT2D eigenvalue weighted by molar-refractivity contribution is 0.0846. The van der Waals surface area contributed by atoms with Crippen LogP contribution in [0.3, 0.4) is 0 Å². The molecule has 7 rings (SSSR count). The molecule has 0 saturated heterocycles. The molecule has 0 radical (unpaired) electrons. The quantitative estimate of drug-likeness (QED) is 0.0390. The van der Waals surface area contributed by atoms with E-state index in [1.807, 2.05) is 45.8 Å².